The van der Waals surface area contributed by atoms with Crippen LogP contribution in [0.25, 0.3) is 10.9 Å². The molecule has 0 saturated carbocycles. The molecule has 96 valence electrons. The first-order valence-electron chi connectivity index (χ1n) is 5.63. The van der Waals surface area contributed by atoms with Gasteiger partial charge in [-0.15, -0.1) is 5.10 Å². The monoisotopic (exact) mass is 291 g/mol. The van der Waals surface area contributed by atoms with Crippen LogP contribution in [0.4, 0.5) is 0 Å². The van der Waals surface area contributed by atoms with E-state index < -0.39 is 0 Å². The number of halogens is 1. The molecule has 3 rings (SSSR count). The Morgan fingerprint density at radius 1 is 1.32 bits per heavy atom. The van der Waals surface area contributed by atoms with Crippen LogP contribution < -0.4 is 0 Å². The molecule has 0 aliphatic rings. The Bertz CT molecular complexity index is 727. The van der Waals surface area contributed by atoms with E-state index in [2.05, 4.69) is 26.6 Å². The van der Waals surface area contributed by atoms with Crippen molar-refractivity contribution in [2.45, 2.75) is 10.9 Å². The molecule has 0 aliphatic heterocycles. The number of fused-ring (bicyclic) bond motifs is 1. The summed E-state index contributed by atoms with van der Waals surface area (Å²) < 4.78 is 1.63. The van der Waals surface area contributed by atoms with E-state index in [0.717, 1.165) is 21.6 Å². The van der Waals surface area contributed by atoms with Crippen LogP contribution in [0, 0.1) is 0 Å². The lowest BCUT2D eigenvalue weighted by Crippen LogP contribution is -1.94. The third kappa shape index (κ3) is 2.54. The number of rotatable bonds is 3. The first-order chi connectivity index (χ1) is 9.24. The summed E-state index contributed by atoms with van der Waals surface area (Å²) in [6, 6.07) is 9.97. The Kier molecular flexibility index (Phi) is 3.35. The number of benzene rings is 1. The summed E-state index contributed by atoms with van der Waals surface area (Å²) in [5.74, 6) is 0.685. The number of thioether (sulfide) groups is 1. The lowest BCUT2D eigenvalue weighted by atomic mass is 10.2. The van der Waals surface area contributed by atoms with Crippen molar-refractivity contribution in [2.75, 3.05) is 0 Å². The summed E-state index contributed by atoms with van der Waals surface area (Å²) >= 11 is 7.73. The summed E-state index contributed by atoms with van der Waals surface area (Å²) in [5.41, 5.74) is 1.88. The van der Waals surface area contributed by atoms with Gasteiger partial charge >= 0.3 is 0 Å². The van der Waals surface area contributed by atoms with E-state index in [1.165, 1.54) is 11.8 Å². The zero-order valence-electron chi connectivity index (χ0n) is 10.1. The van der Waals surface area contributed by atoms with Crippen molar-refractivity contribution in [3.63, 3.8) is 0 Å². The average molecular weight is 292 g/mol. The fourth-order valence-corrected chi connectivity index (χ4v) is 2.84. The minimum Gasteiger partial charge on any atom is -0.236 e. The smallest absolute Gasteiger partial charge is 0.209 e. The van der Waals surface area contributed by atoms with Crippen molar-refractivity contribution in [1.29, 1.82) is 0 Å². The van der Waals surface area contributed by atoms with Crippen molar-refractivity contribution in [3.05, 3.63) is 41.0 Å². The van der Waals surface area contributed by atoms with Crippen LogP contribution in [0.2, 0.25) is 5.15 Å². The highest BCUT2D eigenvalue weighted by Gasteiger charge is 2.08. The molecule has 0 radical (unpaired) electrons. The maximum atomic E-state index is 6.20. The molecule has 1 aromatic carbocycles. The molecule has 0 unspecified atom stereocenters. The van der Waals surface area contributed by atoms with Gasteiger partial charge in [0.05, 0.1) is 5.52 Å². The largest absolute Gasteiger partial charge is 0.236 e. The normalized spacial score (nSPS) is 11.1. The van der Waals surface area contributed by atoms with Crippen LogP contribution in [0.5, 0.6) is 0 Å². The molecule has 2 aromatic heterocycles. The summed E-state index contributed by atoms with van der Waals surface area (Å²) in [4.78, 5) is 4.39. The number of aromatic nitrogens is 5. The fourth-order valence-electron chi connectivity index (χ4n) is 1.72. The van der Waals surface area contributed by atoms with E-state index in [1.807, 2.05) is 31.3 Å². The Balaban J connectivity index is 1.88. The third-order valence-corrected chi connectivity index (χ3v) is 4.07. The molecule has 0 saturated heterocycles. The maximum Gasteiger partial charge on any atom is 0.209 e. The summed E-state index contributed by atoms with van der Waals surface area (Å²) in [6.07, 6.45) is 0. The molecule has 0 aliphatic carbocycles. The van der Waals surface area contributed by atoms with Gasteiger partial charge in [0.25, 0.3) is 0 Å². The first kappa shape index (κ1) is 12.4. The second-order valence-corrected chi connectivity index (χ2v) is 5.31. The summed E-state index contributed by atoms with van der Waals surface area (Å²) in [6.45, 7) is 0. The van der Waals surface area contributed by atoms with Gasteiger partial charge in [-0.05, 0) is 22.6 Å². The van der Waals surface area contributed by atoms with Gasteiger partial charge in [-0.2, -0.15) is 0 Å². The van der Waals surface area contributed by atoms with Crippen LogP contribution in [0.1, 0.15) is 5.56 Å². The summed E-state index contributed by atoms with van der Waals surface area (Å²) in [5, 5.41) is 13.7. The lowest BCUT2D eigenvalue weighted by molar-refractivity contribution is 0.664. The molecule has 19 heavy (non-hydrogen) atoms. The summed E-state index contributed by atoms with van der Waals surface area (Å²) in [7, 11) is 1.81. The second-order valence-electron chi connectivity index (χ2n) is 4.00. The number of hydrogen-bond donors (Lipinski definition) is 0. The van der Waals surface area contributed by atoms with Crippen molar-refractivity contribution in [3.8, 4) is 0 Å². The van der Waals surface area contributed by atoms with E-state index in [-0.39, 0.29) is 0 Å². The number of nitrogens with zero attached hydrogens (tertiary/aromatic N) is 5. The van der Waals surface area contributed by atoms with Gasteiger partial charge in [0.1, 0.15) is 5.15 Å². The van der Waals surface area contributed by atoms with Gasteiger partial charge in [-0.1, -0.05) is 41.6 Å². The molecule has 0 amide bonds. The molecule has 0 fully saturated rings. The maximum absolute atomic E-state index is 6.20. The average Bonchev–Trinajstić information content (AvgIpc) is 2.82. The lowest BCUT2D eigenvalue weighted by Gasteiger charge is -2.05. The van der Waals surface area contributed by atoms with Crippen LogP contribution >= 0.6 is 23.4 Å². The van der Waals surface area contributed by atoms with Gasteiger partial charge in [0.15, 0.2) is 0 Å². The van der Waals surface area contributed by atoms with E-state index in [1.54, 1.807) is 4.68 Å². The van der Waals surface area contributed by atoms with Gasteiger partial charge in [-0.25, -0.2) is 9.67 Å². The molecule has 0 bridgehead atoms. The molecule has 0 spiro atoms. The molecular weight excluding hydrogens is 282 g/mol. The van der Waals surface area contributed by atoms with Crippen LogP contribution in [-0.4, -0.2) is 25.2 Å². The molecule has 0 atom stereocenters. The number of para-hydroxylation sites is 1. The van der Waals surface area contributed by atoms with E-state index in [9.17, 15) is 0 Å². The predicted octanol–water partition coefficient (Wildman–Crippen LogP) is 2.70. The van der Waals surface area contributed by atoms with Crippen LogP contribution in [0.3, 0.4) is 0 Å². The van der Waals surface area contributed by atoms with Gasteiger partial charge in [0, 0.05) is 23.8 Å². The van der Waals surface area contributed by atoms with Crippen molar-refractivity contribution < 1.29 is 0 Å². The van der Waals surface area contributed by atoms with E-state index in [0.29, 0.717) is 10.9 Å². The highest BCUT2D eigenvalue weighted by molar-refractivity contribution is 7.98. The van der Waals surface area contributed by atoms with Crippen LogP contribution in [-0.2, 0) is 12.8 Å². The van der Waals surface area contributed by atoms with Gasteiger partial charge in [-0.3, -0.25) is 0 Å². The highest BCUT2D eigenvalue weighted by Crippen LogP contribution is 2.26. The van der Waals surface area contributed by atoms with E-state index >= 15 is 0 Å². The zero-order valence-corrected chi connectivity index (χ0v) is 11.7. The number of aryl methyl sites for hydroxylation is 1. The zero-order chi connectivity index (χ0) is 13.2. The molecule has 2 heterocycles. The SMILES string of the molecule is Cn1nnnc1SCc1cc2ccccc2nc1Cl. The second kappa shape index (κ2) is 5.14. The quantitative estimate of drug-likeness (QED) is 0.548. The van der Waals surface area contributed by atoms with E-state index in [4.69, 9.17) is 11.6 Å². The van der Waals surface area contributed by atoms with Crippen molar-refractivity contribution in [1.82, 2.24) is 25.2 Å². The molecule has 3 aromatic rings. The van der Waals surface area contributed by atoms with Crippen molar-refractivity contribution in [2.24, 2.45) is 7.05 Å². The van der Waals surface area contributed by atoms with Crippen LogP contribution in [0.15, 0.2) is 35.5 Å². The molecule has 0 N–H and O–H groups in total. The number of pyridine rings is 1. The third-order valence-electron chi connectivity index (χ3n) is 2.69. The molecular formula is C12H10ClN5S. The fraction of sp³-hybridized carbons (Fsp3) is 0.167. The Morgan fingerprint density at radius 2 is 2.16 bits per heavy atom. The minimum atomic E-state index is 0.529. The Hall–Kier alpha value is -1.66. The molecule has 7 heteroatoms. The number of tetrazole rings is 1. The minimum absolute atomic E-state index is 0.529. The Morgan fingerprint density at radius 3 is 2.95 bits per heavy atom. The topological polar surface area (TPSA) is 56.5 Å². The van der Waals surface area contributed by atoms with Crippen molar-refractivity contribution >= 4 is 34.3 Å². The first-order valence-corrected chi connectivity index (χ1v) is 7.00. The number of hydrogen-bond acceptors (Lipinski definition) is 5. The Labute approximate surface area is 119 Å². The standard InChI is InChI=1S/C12H10ClN5S/c1-18-12(15-16-17-18)19-7-9-6-8-4-2-3-5-10(8)14-11(9)13/h2-6H,7H2,1H3. The predicted molar refractivity (Wildman–Crippen MR) is 75.1 cm³/mol. The van der Waals surface area contributed by atoms with Gasteiger partial charge < -0.3 is 0 Å². The van der Waals surface area contributed by atoms with Gasteiger partial charge in [0.2, 0.25) is 5.16 Å². The molecule has 5 nitrogen and oxygen atoms in total. The highest BCUT2D eigenvalue weighted by atomic mass is 35.5.